The summed E-state index contributed by atoms with van der Waals surface area (Å²) >= 11 is 0. The largest absolute Gasteiger partial charge is 0.369 e. The first-order valence-corrected chi connectivity index (χ1v) is 11.9. The number of piperazine rings is 1. The van der Waals surface area contributed by atoms with E-state index in [4.69, 9.17) is 0 Å². The number of rotatable bonds is 8. The maximum Gasteiger partial charge on any atom is 0.269 e. The van der Waals surface area contributed by atoms with Crippen molar-refractivity contribution in [3.63, 3.8) is 0 Å². The van der Waals surface area contributed by atoms with Crippen LogP contribution in [0.3, 0.4) is 0 Å². The molecule has 30 heavy (non-hydrogen) atoms. The molecule has 1 saturated heterocycles. The van der Waals surface area contributed by atoms with E-state index in [0.29, 0.717) is 26.2 Å². The SMILES string of the molecule is CCCc1cc(CCC)cc(N2CCN(S(=O)(=O)c3ccc([N+](=O)[O-])cc3)CC2)c1. The third kappa shape index (κ3) is 4.99. The number of hydrogen-bond acceptors (Lipinski definition) is 5. The highest BCUT2D eigenvalue weighted by molar-refractivity contribution is 7.89. The van der Waals surface area contributed by atoms with Gasteiger partial charge in [-0.05, 0) is 48.2 Å². The number of non-ortho nitro benzene ring substituents is 1. The minimum Gasteiger partial charge on any atom is -0.369 e. The normalized spacial score (nSPS) is 15.3. The van der Waals surface area contributed by atoms with Crippen molar-refractivity contribution in [1.29, 1.82) is 0 Å². The lowest BCUT2D eigenvalue weighted by Gasteiger charge is -2.35. The molecule has 0 saturated carbocycles. The summed E-state index contributed by atoms with van der Waals surface area (Å²) in [5.41, 5.74) is 3.71. The van der Waals surface area contributed by atoms with E-state index < -0.39 is 14.9 Å². The molecular weight excluding hydrogens is 402 g/mol. The second-order valence-electron chi connectivity index (χ2n) is 7.65. The fourth-order valence-corrected chi connectivity index (χ4v) is 5.29. The van der Waals surface area contributed by atoms with E-state index in [1.807, 2.05) is 0 Å². The smallest absolute Gasteiger partial charge is 0.269 e. The zero-order valence-electron chi connectivity index (χ0n) is 17.6. The maximum atomic E-state index is 12.9. The monoisotopic (exact) mass is 431 g/mol. The van der Waals surface area contributed by atoms with Gasteiger partial charge in [-0.15, -0.1) is 0 Å². The molecule has 0 aliphatic carbocycles. The standard InChI is InChI=1S/C22H29N3O4S/c1-3-5-18-15-19(6-4-2)17-21(16-18)23-11-13-24(14-12-23)30(28,29)22-9-7-20(8-10-22)25(26)27/h7-10,15-17H,3-6,11-14H2,1-2H3. The fraction of sp³-hybridized carbons (Fsp3) is 0.455. The molecule has 0 N–H and O–H groups in total. The molecule has 2 aromatic rings. The minimum atomic E-state index is -3.66. The highest BCUT2D eigenvalue weighted by Crippen LogP contribution is 2.25. The van der Waals surface area contributed by atoms with E-state index in [-0.39, 0.29) is 10.6 Å². The van der Waals surface area contributed by atoms with Gasteiger partial charge in [-0.1, -0.05) is 32.8 Å². The van der Waals surface area contributed by atoms with Crippen LogP contribution in [0.25, 0.3) is 0 Å². The molecular formula is C22H29N3O4S. The van der Waals surface area contributed by atoms with Gasteiger partial charge >= 0.3 is 0 Å². The van der Waals surface area contributed by atoms with Crippen LogP contribution in [0.4, 0.5) is 11.4 Å². The highest BCUT2D eigenvalue weighted by atomic mass is 32.2. The van der Waals surface area contributed by atoms with Crippen molar-refractivity contribution >= 4 is 21.4 Å². The second-order valence-corrected chi connectivity index (χ2v) is 9.59. The van der Waals surface area contributed by atoms with Crippen LogP contribution in [0.1, 0.15) is 37.8 Å². The van der Waals surface area contributed by atoms with E-state index >= 15 is 0 Å². The summed E-state index contributed by atoms with van der Waals surface area (Å²) in [6.07, 6.45) is 4.27. The second kappa shape index (κ2) is 9.57. The number of hydrogen-bond donors (Lipinski definition) is 0. The Morgan fingerprint density at radius 1 is 0.900 bits per heavy atom. The van der Waals surface area contributed by atoms with Crippen LogP contribution in [-0.2, 0) is 22.9 Å². The summed E-state index contributed by atoms with van der Waals surface area (Å²) < 4.78 is 27.3. The molecule has 1 aliphatic rings. The zero-order chi connectivity index (χ0) is 21.7. The molecule has 0 unspecified atom stereocenters. The van der Waals surface area contributed by atoms with Gasteiger partial charge in [0.05, 0.1) is 9.82 Å². The quantitative estimate of drug-likeness (QED) is 0.466. The molecule has 162 valence electrons. The van der Waals surface area contributed by atoms with Crippen LogP contribution in [0.15, 0.2) is 47.4 Å². The fourth-order valence-electron chi connectivity index (χ4n) is 3.87. The first kappa shape index (κ1) is 22.2. The van der Waals surface area contributed by atoms with Gasteiger partial charge in [0.1, 0.15) is 0 Å². The number of nitrogens with zero attached hydrogens (tertiary/aromatic N) is 3. The van der Waals surface area contributed by atoms with Gasteiger partial charge < -0.3 is 4.90 Å². The van der Waals surface area contributed by atoms with Crippen molar-refractivity contribution in [2.45, 2.75) is 44.4 Å². The Balaban J connectivity index is 1.73. The highest BCUT2D eigenvalue weighted by Gasteiger charge is 2.29. The lowest BCUT2D eigenvalue weighted by molar-refractivity contribution is -0.384. The van der Waals surface area contributed by atoms with E-state index in [1.54, 1.807) is 0 Å². The Morgan fingerprint density at radius 2 is 1.43 bits per heavy atom. The van der Waals surface area contributed by atoms with Gasteiger partial charge in [0, 0.05) is 44.0 Å². The summed E-state index contributed by atoms with van der Waals surface area (Å²) in [6, 6.07) is 11.8. The van der Waals surface area contributed by atoms with Crippen molar-refractivity contribution in [2.75, 3.05) is 31.1 Å². The predicted molar refractivity (Wildman–Crippen MR) is 119 cm³/mol. The van der Waals surface area contributed by atoms with Crippen molar-refractivity contribution < 1.29 is 13.3 Å². The van der Waals surface area contributed by atoms with Gasteiger partial charge in [0.2, 0.25) is 10.0 Å². The molecule has 0 bridgehead atoms. The number of nitro benzene ring substituents is 1. The Morgan fingerprint density at radius 3 is 1.90 bits per heavy atom. The molecule has 2 aromatic carbocycles. The number of sulfonamides is 1. The van der Waals surface area contributed by atoms with Crippen molar-refractivity contribution in [3.8, 4) is 0 Å². The summed E-state index contributed by atoms with van der Waals surface area (Å²) in [7, 11) is -3.66. The number of benzene rings is 2. The molecule has 1 fully saturated rings. The maximum absolute atomic E-state index is 12.9. The predicted octanol–water partition coefficient (Wildman–Crippen LogP) is 4.01. The number of nitro groups is 1. The molecule has 7 nitrogen and oxygen atoms in total. The van der Waals surface area contributed by atoms with E-state index in [2.05, 4.69) is 36.9 Å². The van der Waals surface area contributed by atoms with Gasteiger partial charge in [0.25, 0.3) is 5.69 Å². The Labute approximate surface area is 178 Å². The van der Waals surface area contributed by atoms with Gasteiger partial charge in [-0.25, -0.2) is 8.42 Å². The Bertz CT molecular complexity index is 958. The molecule has 0 atom stereocenters. The lowest BCUT2D eigenvalue weighted by Crippen LogP contribution is -2.48. The number of aryl methyl sites for hydroxylation is 2. The van der Waals surface area contributed by atoms with Gasteiger partial charge in [0.15, 0.2) is 0 Å². The third-order valence-corrected chi connectivity index (χ3v) is 7.32. The van der Waals surface area contributed by atoms with Gasteiger partial charge in [-0.3, -0.25) is 10.1 Å². The first-order valence-electron chi connectivity index (χ1n) is 10.5. The summed E-state index contributed by atoms with van der Waals surface area (Å²) in [4.78, 5) is 12.6. The molecule has 8 heteroatoms. The summed E-state index contributed by atoms with van der Waals surface area (Å²) in [5.74, 6) is 0. The molecule has 0 radical (unpaired) electrons. The molecule has 3 rings (SSSR count). The zero-order valence-corrected chi connectivity index (χ0v) is 18.4. The first-order chi connectivity index (χ1) is 14.3. The molecule has 1 aliphatic heterocycles. The molecule has 0 amide bonds. The topological polar surface area (TPSA) is 83.8 Å². The van der Waals surface area contributed by atoms with Gasteiger partial charge in [-0.2, -0.15) is 4.31 Å². The van der Waals surface area contributed by atoms with Crippen LogP contribution >= 0.6 is 0 Å². The van der Waals surface area contributed by atoms with Crippen LogP contribution in [0, 0.1) is 10.1 Å². The molecule has 1 heterocycles. The van der Waals surface area contributed by atoms with E-state index in [9.17, 15) is 18.5 Å². The van der Waals surface area contributed by atoms with Crippen LogP contribution in [-0.4, -0.2) is 43.8 Å². The van der Waals surface area contributed by atoms with Crippen LogP contribution < -0.4 is 4.90 Å². The third-order valence-electron chi connectivity index (χ3n) is 5.40. The average molecular weight is 432 g/mol. The van der Waals surface area contributed by atoms with Crippen molar-refractivity contribution in [3.05, 3.63) is 63.7 Å². The Kier molecular flexibility index (Phi) is 7.10. The van der Waals surface area contributed by atoms with E-state index in [0.717, 1.165) is 31.4 Å². The number of anilines is 1. The molecule has 0 spiro atoms. The van der Waals surface area contributed by atoms with Crippen LogP contribution in [0.2, 0.25) is 0 Å². The summed E-state index contributed by atoms with van der Waals surface area (Å²) in [5, 5.41) is 10.8. The minimum absolute atomic E-state index is 0.0942. The summed E-state index contributed by atoms with van der Waals surface area (Å²) in [6.45, 7) is 6.36. The average Bonchev–Trinajstić information content (AvgIpc) is 2.74. The molecule has 0 aromatic heterocycles. The van der Waals surface area contributed by atoms with E-state index in [1.165, 1.54) is 39.7 Å². The lowest BCUT2D eigenvalue weighted by atomic mass is 10.0. The Hall–Kier alpha value is -2.45. The van der Waals surface area contributed by atoms with Crippen molar-refractivity contribution in [2.24, 2.45) is 0 Å². The van der Waals surface area contributed by atoms with Crippen LogP contribution in [0.5, 0.6) is 0 Å². The van der Waals surface area contributed by atoms with Crippen molar-refractivity contribution in [1.82, 2.24) is 4.31 Å².